The number of hydrogen-bond donors (Lipinski definition) is 1. The number of aliphatic hydroxyl groups excluding tert-OH is 1. The number of ether oxygens (including phenoxy) is 1. The summed E-state index contributed by atoms with van der Waals surface area (Å²) < 4.78 is 5.16. The summed E-state index contributed by atoms with van der Waals surface area (Å²) in [4.78, 5) is 11.5. The maximum absolute atomic E-state index is 11.5. The van der Waals surface area contributed by atoms with Gasteiger partial charge in [0, 0.05) is 0 Å². The minimum Gasteiger partial charge on any atom is -0.465 e. The molecule has 3 heteroatoms. The molecule has 0 saturated carbocycles. The summed E-state index contributed by atoms with van der Waals surface area (Å²) in [6.07, 6.45) is 3.04. The Morgan fingerprint density at radius 1 is 1.40 bits per heavy atom. The molecule has 0 fully saturated rings. The molecule has 15 heavy (non-hydrogen) atoms. The summed E-state index contributed by atoms with van der Waals surface area (Å²) in [6, 6.07) is 0. The van der Waals surface area contributed by atoms with Crippen molar-refractivity contribution >= 4 is 5.97 Å². The highest BCUT2D eigenvalue weighted by atomic mass is 16.5. The summed E-state index contributed by atoms with van der Waals surface area (Å²) in [5, 5.41) is 9.02. The molecule has 0 aliphatic rings. The van der Waals surface area contributed by atoms with Crippen LogP contribution in [0, 0.1) is 5.41 Å². The second-order valence-electron chi connectivity index (χ2n) is 4.72. The van der Waals surface area contributed by atoms with Gasteiger partial charge in [-0.2, -0.15) is 0 Å². The monoisotopic (exact) mass is 216 g/mol. The van der Waals surface area contributed by atoms with Crippen molar-refractivity contribution in [2.45, 2.75) is 59.5 Å². The van der Waals surface area contributed by atoms with E-state index in [1.165, 1.54) is 0 Å². The molecule has 90 valence electrons. The van der Waals surface area contributed by atoms with Gasteiger partial charge in [0.05, 0.1) is 18.1 Å². The van der Waals surface area contributed by atoms with Crippen LogP contribution in [-0.2, 0) is 9.53 Å². The standard InChI is InChI=1S/C12H24O3/c1-5-12(3,4)11(14)15-9-7-6-8-10(2)13/h10,13H,5-9H2,1-4H3. The van der Waals surface area contributed by atoms with Crippen molar-refractivity contribution < 1.29 is 14.6 Å². The lowest BCUT2D eigenvalue weighted by Gasteiger charge is -2.20. The zero-order chi connectivity index (χ0) is 11.9. The van der Waals surface area contributed by atoms with Crippen LogP contribution in [0.25, 0.3) is 0 Å². The second kappa shape index (κ2) is 6.83. The third kappa shape index (κ3) is 6.50. The van der Waals surface area contributed by atoms with Crippen LogP contribution in [0.15, 0.2) is 0 Å². The smallest absolute Gasteiger partial charge is 0.311 e. The Morgan fingerprint density at radius 3 is 2.47 bits per heavy atom. The van der Waals surface area contributed by atoms with Gasteiger partial charge in [-0.15, -0.1) is 0 Å². The predicted octanol–water partition coefficient (Wildman–Crippen LogP) is 2.52. The first-order valence-corrected chi connectivity index (χ1v) is 5.75. The van der Waals surface area contributed by atoms with E-state index in [1.807, 2.05) is 20.8 Å². The molecule has 0 aromatic rings. The van der Waals surface area contributed by atoms with E-state index in [-0.39, 0.29) is 17.5 Å². The lowest BCUT2D eigenvalue weighted by atomic mass is 9.91. The van der Waals surface area contributed by atoms with E-state index in [9.17, 15) is 4.79 Å². The fourth-order valence-corrected chi connectivity index (χ4v) is 1.05. The average Bonchev–Trinajstić information content (AvgIpc) is 2.16. The molecule has 3 nitrogen and oxygen atoms in total. The van der Waals surface area contributed by atoms with Gasteiger partial charge < -0.3 is 9.84 Å². The molecule has 0 aliphatic carbocycles. The SMILES string of the molecule is CCC(C)(C)C(=O)OCCCCC(C)O. The topological polar surface area (TPSA) is 46.5 Å². The predicted molar refractivity (Wildman–Crippen MR) is 60.6 cm³/mol. The van der Waals surface area contributed by atoms with Crippen LogP contribution in [0.1, 0.15) is 53.4 Å². The summed E-state index contributed by atoms with van der Waals surface area (Å²) in [5.74, 6) is -0.123. The third-order valence-corrected chi connectivity index (χ3v) is 2.69. The normalized spacial score (nSPS) is 13.7. The highest BCUT2D eigenvalue weighted by molar-refractivity contribution is 5.75. The van der Waals surface area contributed by atoms with E-state index in [1.54, 1.807) is 6.92 Å². The highest BCUT2D eigenvalue weighted by Crippen LogP contribution is 2.21. The summed E-state index contributed by atoms with van der Waals surface area (Å²) in [6.45, 7) is 8.01. The van der Waals surface area contributed by atoms with Gasteiger partial charge in [0.25, 0.3) is 0 Å². The number of esters is 1. The first-order chi connectivity index (χ1) is 6.90. The quantitative estimate of drug-likeness (QED) is 0.525. The van der Waals surface area contributed by atoms with Crippen molar-refractivity contribution in [1.29, 1.82) is 0 Å². The van der Waals surface area contributed by atoms with Crippen LogP contribution in [0.2, 0.25) is 0 Å². The van der Waals surface area contributed by atoms with Crippen LogP contribution < -0.4 is 0 Å². The number of carbonyl (C=O) groups excluding carboxylic acids is 1. The average molecular weight is 216 g/mol. The summed E-state index contributed by atoms with van der Waals surface area (Å²) in [5.41, 5.74) is -0.371. The van der Waals surface area contributed by atoms with Crippen LogP contribution in [-0.4, -0.2) is 23.8 Å². The molecule has 0 spiro atoms. The van der Waals surface area contributed by atoms with Gasteiger partial charge in [0.2, 0.25) is 0 Å². The van der Waals surface area contributed by atoms with Crippen LogP contribution in [0.5, 0.6) is 0 Å². The van der Waals surface area contributed by atoms with E-state index in [2.05, 4.69) is 0 Å². The first-order valence-electron chi connectivity index (χ1n) is 5.75. The number of aliphatic hydroxyl groups is 1. The third-order valence-electron chi connectivity index (χ3n) is 2.69. The first kappa shape index (κ1) is 14.4. The minimum absolute atomic E-state index is 0.123. The molecule has 0 rings (SSSR count). The van der Waals surface area contributed by atoms with E-state index in [4.69, 9.17) is 9.84 Å². The van der Waals surface area contributed by atoms with Crippen molar-refractivity contribution in [2.24, 2.45) is 5.41 Å². The molecule has 0 aromatic heterocycles. The molecule has 0 radical (unpaired) electrons. The van der Waals surface area contributed by atoms with E-state index in [0.29, 0.717) is 6.61 Å². The Morgan fingerprint density at radius 2 is 2.00 bits per heavy atom. The number of unbranched alkanes of at least 4 members (excludes halogenated alkanes) is 1. The molecule has 0 heterocycles. The van der Waals surface area contributed by atoms with Crippen LogP contribution >= 0.6 is 0 Å². The molecule has 1 unspecified atom stereocenters. The molecule has 0 amide bonds. The van der Waals surface area contributed by atoms with Crippen molar-refractivity contribution in [3.05, 3.63) is 0 Å². The maximum atomic E-state index is 11.5. The summed E-state index contributed by atoms with van der Waals surface area (Å²) >= 11 is 0. The van der Waals surface area contributed by atoms with Crippen molar-refractivity contribution in [2.75, 3.05) is 6.61 Å². The fourth-order valence-electron chi connectivity index (χ4n) is 1.05. The zero-order valence-corrected chi connectivity index (χ0v) is 10.4. The van der Waals surface area contributed by atoms with Gasteiger partial charge in [-0.25, -0.2) is 0 Å². The Labute approximate surface area is 92.8 Å². The maximum Gasteiger partial charge on any atom is 0.311 e. The summed E-state index contributed by atoms with van der Waals surface area (Å²) in [7, 11) is 0. The van der Waals surface area contributed by atoms with Gasteiger partial charge in [0.1, 0.15) is 0 Å². The Balaban J connectivity index is 3.56. The molecule has 0 aliphatic heterocycles. The molecule has 1 atom stereocenters. The zero-order valence-electron chi connectivity index (χ0n) is 10.4. The number of hydrogen-bond acceptors (Lipinski definition) is 3. The molecule has 0 saturated heterocycles. The van der Waals surface area contributed by atoms with Crippen molar-refractivity contribution in [3.63, 3.8) is 0 Å². The van der Waals surface area contributed by atoms with Crippen molar-refractivity contribution in [3.8, 4) is 0 Å². The van der Waals surface area contributed by atoms with E-state index < -0.39 is 0 Å². The van der Waals surface area contributed by atoms with Gasteiger partial charge >= 0.3 is 5.97 Å². The van der Waals surface area contributed by atoms with Gasteiger partial charge in [0.15, 0.2) is 0 Å². The largest absolute Gasteiger partial charge is 0.465 e. The van der Waals surface area contributed by atoms with Gasteiger partial charge in [-0.1, -0.05) is 6.92 Å². The second-order valence-corrected chi connectivity index (χ2v) is 4.72. The van der Waals surface area contributed by atoms with Crippen LogP contribution in [0.4, 0.5) is 0 Å². The highest BCUT2D eigenvalue weighted by Gasteiger charge is 2.26. The van der Waals surface area contributed by atoms with Gasteiger partial charge in [-0.05, 0) is 46.5 Å². The van der Waals surface area contributed by atoms with Crippen molar-refractivity contribution in [1.82, 2.24) is 0 Å². The number of rotatable bonds is 7. The Kier molecular flexibility index (Phi) is 6.57. The van der Waals surface area contributed by atoms with E-state index >= 15 is 0 Å². The van der Waals surface area contributed by atoms with Crippen LogP contribution in [0.3, 0.4) is 0 Å². The lowest BCUT2D eigenvalue weighted by molar-refractivity contribution is -0.154. The molecular weight excluding hydrogens is 192 g/mol. The molecule has 0 bridgehead atoms. The Hall–Kier alpha value is -0.570. The molecular formula is C12H24O3. The molecule has 0 aromatic carbocycles. The Bertz CT molecular complexity index is 185. The fraction of sp³-hybridized carbons (Fsp3) is 0.917. The lowest BCUT2D eigenvalue weighted by Crippen LogP contribution is -2.26. The van der Waals surface area contributed by atoms with E-state index in [0.717, 1.165) is 25.7 Å². The number of carbonyl (C=O) groups is 1. The molecule has 1 N–H and O–H groups in total. The minimum atomic E-state index is -0.371. The van der Waals surface area contributed by atoms with Gasteiger partial charge in [-0.3, -0.25) is 4.79 Å².